The van der Waals surface area contributed by atoms with Gasteiger partial charge in [-0.05, 0) is 18.6 Å². The van der Waals surface area contributed by atoms with Crippen molar-refractivity contribution in [3.05, 3.63) is 63.7 Å². The molecule has 5 heteroatoms. The Morgan fingerprint density at radius 2 is 2.05 bits per heavy atom. The molecule has 0 aliphatic heterocycles. The van der Waals surface area contributed by atoms with E-state index in [-0.39, 0.29) is 0 Å². The Kier molecular flexibility index (Phi) is 4.18. The van der Waals surface area contributed by atoms with E-state index in [1.54, 1.807) is 17.5 Å². The Labute approximate surface area is 132 Å². The monoisotopic (exact) mass is 315 g/mol. The second-order valence-electron chi connectivity index (χ2n) is 4.68. The Morgan fingerprint density at radius 1 is 1.24 bits per heavy atom. The molecule has 3 aromatic rings. The molecule has 0 saturated heterocycles. The summed E-state index contributed by atoms with van der Waals surface area (Å²) in [5.41, 5.74) is 4.07. The van der Waals surface area contributed by atoms with Gasteiger partial charge in [0.05, 0.1) is 24.1 Å². The Hall–Kier alpha value is -1.91. The quantitative estimate of drug-likeness (QED) is 0.704. The highest BCUT2D eigenvalue weighted by atomic mass is 35.5. The molecule has 1 aromatic carbocycles. The van der Waals surface area contributed by atoms with E-state index in [4.69, 9.17) is 11.6 Å². The minimum atomic E-state index is 0.543. The summed E-state index contributed by atoms with van der Waals surface area (Å²) >= 11 is 7.57. The van der Waals surface area contributed by atoms with Gasteiger partial charge in [-0.2, -0.15) is 0 Å². The van der Waals surface area contributed by atoms with Crippen molar-refractivity contribution in [2.24, 2.45) is 0 Å². The SMILES string of the molecule is Cc1cc(NCc2nc(-c3ccccc3)cs2)cnc1Cl. The first-order valence-corrected chi connectivity index (χ1v) is 7.84. The van der Waals surface area contributed by atoms with Crippen molar-refractivity contribution >= 4 is 28.6 Å². The molecule has 0 unspecified atom stereocenters. The van der Waals surface area contributed by atoms with Gasteiger partial charge in [0, 0.05) is 10.9 Å². The lowest BCUT2D eigenvalue weighted by atomic mass is 10.2. The fourth-order valence-corrected chi connectivity index (χ4v) is 2.81. The average molecular weight is 316 g/mol. The summed E-state index contributed by atoms with van der Waals surface area (Å²) in [6, 6.07) is 12.2. The van der Waals surface area contributed by atoms with Gasteiger partial charge in [-0.25, -0.2) is 9.97 Å². The first kappa shape index (κ1) is 14.0. The summed E-state index contributed by atoms with van der Waals surface area (Å²) in [5.74, 6) is 0. The number of aromatic nitrogens is 2. The van der Waals surface area contributed by atoms with Crippen LogP contribution in [0.25, 0.3) is 11.3 Å². The second-order valence-corrected chi connectivity index (χ2v) is 5.98. The molecule has 0 atom stereocenters. The Morgan fingerprint density at radius 3 is 2.81 bits per heavy atom. The Balaban J connectivity index is 1.69. The number of anilines is 1. The van der Waals surface area contributed by atoms with Crippen LogP contribution >= 0.6 is 22.9 Å². The van der Waals surface area contributed by atoms with Crippen molar-refractivity contribution in [3.63, 3.8) is 0 Å². The molecule has 0 aliphatic rings. The predicted molar refractivity (Wildman–Crippen MR) is 88.9 cm³/mol. The van der Waals surface area contributed by atoms with Crippen LogP contribution in [0.15, 0.2) is 48.0 Å². The lowest BCUT2D eigenvalue weighted by Gasteiger charge is -2.05. The molecular weight excluding hydrogens is 302 g/mol. The van der Waals surface area contributed by atoms with Crippen LogP contribution in [0.3, 0.4) is 0 Å². The first-order valence-electron chi connectivity index (χ1n) is 6.58. The summed E-state index contributed by atoms with van der Waals surface area (Å²) in [6.07, 6.45) is 1.74. The van der Waals surface area contributed by atoms with Gasteiger partial charge < -0.3 is 5.32 Å². The smallest absolute Gasteiger partial charge is 0.132 e. The van der Waals surface area contributed by atoms with Crippen LogP contribution in [0.4, 0.5) is 5.69 Å². The molecule has 21 heavy (non-hydrogen) atoms. The summed E-state index contributed by atoms with van der Waals surface area (Å²) < 4.78 is 0. The highest BCUT2D eigenvalue weighted by Crippen LogP contribution is 2.22. The zero-order valence-corrected chi connectivity index (χ0v) is 13.1. The highest BCUT2D eigenvalue weighted by Gasteiger charge is 2.05. The summed E-state index contributed by atoms with van der Waals surface area (Å²) in [5, 5.41) is 6.99. The van der Waals surface area contributed by atoms with Gasteiger partial charge in [-0.1, -0.05) is 41.9 Å². The van der Waals surface area contributed by atoms with E-state index < -0.39 is 0 Å². The van der Waals surface area contributed by atoms with E-state index in [0.29, 0.717) is 11.7 Å². The number of rotatable bonds is 4. The molecule has 3 rings (SSSR count). The summed E-state index contributed by atoms with van der Waals surface area (Å²) in [7, 11) is 0. The van der Waals surface area contributed by atoms with E-state index in [9.17, 15) is 0 Å². The largest absolute Gasteiger partial charge is 0.377 e. The molecule has 0 fully saturated rings. The molecule has 0 radical (unpaired) electrons. The number of nitrogens with zero attached hydrogens (tertiary/aromatic N) is 2. The van der Waals surface area contributed by atoms with Crippen LogP contribution in [-0.4, -0.2) is 9.97 Å². The minimum Gasteiger partial charge on any atom is -0.377 e. The molecule has 1 N–H and O–H groups in total. The molecule has 0 bridgehead atoms. The van der Waals surface area contributed by atoms with Gasteiger partial charge in [0.15, 0.2) is 0 Å². The van der Waals surface area contributed by atoms with Crippen molar-refractivity contribution in [3.8, 4) is 11.3 Å². The number of nitrogens with one attached hydrogen (secondary N) is 1. The van der Waals surface area contributed by atoms with Crippen molar-refractivity contribution < 1.29 is 0 Å². The average Bonchev–Trinajstić information content (AvgIpc) is 2.98. The van der Waals surface area contributed by atoms with Gasteiger partial charge in [-0.3, -0.25) is 0 Å². The number of aryl methyl sites for hydroxylation is 1. The summed E-state index contributed by atoms with van der Waals surface area (Å²) in [6.45, 7) is 2.62. The number of hydrogen-bond donors (Lipinski definition) is 1. The van der Waals surface area contributed by atoms with E-state index >= 15 is 0 Å². The maximum absolute atomic E-state index is 5.92. The third-order valence-electron chi connectivity index (χ3n) is 3.08. The third kappa shape index (κ3) is 3.40. The minimum absolute atomic E-state index is 0.543. The molecule has 2 heterocycles. The molecule has 0 amide bonds. The second kappa shape index (κ2) is 6.24. The highest BCUT2D eigenvalue weighted by molar-refractivity contribution is 7.09. The zero-order valence-electron chi connectivity index (χ0n) is 11.5. The number of halogens is 1. The molecule has 106 valence electrons. The number of thiazole rings is 1. The summed E-state index contributed by atoms with van der Waals surface area (Å²) in [4.78, 5) is 8.77. The molecule has 0 spiro atoms. The van der Waals surface area contributed by atoms with Crippen LogP contribution in [0.1, 0.15) is 10.6 Å². The molecule has 0 aliphatic carbocycles. The zero-order chi connectivity index (χ0) is 14.7. The topological polar surface area (TPSA) is 37.8 Å². The number of pyridine rings is 1. The van der Waals surface area contributed by atoms with E-state index in [1.165, 1.54) is 0 Å². The number of benzene rings is 1. The third-order valence-corrected chi connectivity index (χ3v) is 4.32. The van der Waals surface area contributed by atoms with Gasteiger partial charge in [0.2, 0.25) is 0 Å². The predicted octanol–water partition coefficient (Wildman–Crippen LogP) is 4.78. The lowest BCUT2D eigenvalue weighted by molar-refractivity contribution is 1.09. The first-order chi connectivity index (χ1) is 10.2. The van der Waals surface area contributed by atoms with Crippen LogP contribution in [0.5, 0.6) is 0 Å². The Bertz CT molecular complexity index is 740. The maximum Gasteiger partial charge on any atom is 0.132 e. The molecule has 2 aromatic heterocycles. The van der Waals surface area contributed by atoms with E-state index in [2.05, 4.69) is 32.8 Å². The van der Waals surface area contributed by atoms with Crippen LogP contribution in [0, 0.1) is 6.92 Å². The van der Waals surface area contributed by atoms with Gasteiger partial charge in [0.25, 0.3) is 0 Å². The normalized spacial score (nSPS) is 10.6. The fraction of sp³-hybridized carbons (Fsp3) is 0.125. The van der Waals surface area contributed by atoms with Crippen molar-refractivity contribution in [2.45, 2.75) is 13.5 Å². The van der Waals surface area contributed by atoms with Gasteiger partial charge in [0.1, 0.15) is 10.2 Å². The van der Waals surface area contributed by atoms with Gasteiger partial charge in [-0.15, -0.1) is 11.3 Å². The van der Waals surface area contributed by atoms with Crippen LogP contribution in [-0.2, 0) is 6.54 Å². The van der Waals surface area contributed by atoms with Crippen molar-refractivity contribution in [2.75, 3.05) is 5.32 Å². The maximum atomic E-state index is 5.92. The van der Waals surface area contributed by atoms with Crippen molar-refractivity contribution in [1.82, 2.24) is 9.97 Å². The molecule has 3 nitrogen and oxygen atoms in total. The van der Waals surface area contributed by atoms with Crippen molar-refractivity contribution in [1.29, 1.82) is 0 Å². The fourth-order valence-electron chi connectivity index (χ4n) is 1.97. The standard InChI is InChI=1S/C16H14ClN3S/c1-11-7-13(8-19-16(11)17)18-9-15-20-14(10-21-15)12-5-3-2-4-6-12/h2-8,10,18H,9H2,1H3. The molecule has 0 saturated carbocycles. The van der Waals surface area contributed by atoms with Crippen LogP contribution < -0.4 is 5.32 Å². The van der Waals surface area contributed by atoms with Gasteiger partial charge >= 0.3 is 0 Å². The van der Waals surface area contributed by atoms with Crippen LogP contribution in [0.2, 0.25) is 5.15 Å². The van der Waals surface area contributed by atoms with E-state index in [1.807, 2.05) is 31.2 Å². The van der Waals surface area contributed by atoms with E-state index in [0.717, 1.165) is 27.5 Å². The number of hydrogen-bond acceptors (Lipinski definition) is 4. The lowest BCUT2D eigenvalue weighted by Crippen LogP contribution is -2.00. The molecular formula is C16H14ClN3S.